The molecular weight excluding hydrogens is 340 g/mol. The van der Waals surface area contributed by atoms with Crippen molar-refractivity contribution in [2.75, 3.05) is 30.8 Å². The van der Waals surface area contributed by atoms with Crippen LogP contribution >= 0.6 is 11.8 Å². The van der Waals surface area contributed by atoms with Gasteiger partial charge < -0.3 is 15.0 Å². The Bertz CT molecular complexity index is 692. The molecule has 6 nitrogen and oxygen atoms in total. The van der Waals surface area contributed by atoms with Crippen LogP contribution in [0.5, 0.6) is 0 Å². The van der Waals surface area contributed by atoms with Crippen LogP contribution in [0.3, 0.4) is 0 Å². The number of hydrogen-bond donors (Lipinski definition) is 1. The van der Waals surface area contributed by atoms with Gasteiger partial charge >= 0.3 is 5.97 Å². The number of carbonyl (C=O) groups is 3. The Hall–Kier alpha value is -2.02. The van der Waals surface area contributed by atoms with E-state index in [9.17, 15) is 14.4 Å². The highest BCUT2D eigenvalue weighted by molar-refractivity contribution is 7.99. The number of carbonyl (C=O) groups excluding carboxylic acids is 3. The first-order valence-electron chi connectivity index (χ1n) is 8.54. The first kappa shape index (κ1) is 17.8. The topological polar surface area (TPSA) is 75.7 Å². The van der Waals surface area contributed by atoms with Crippen LogP contribution in [0, 0.1) is 5.92 Å². The van der Waals surface area contributed by atoms with E-state index in [-0.39, 0.29) is 18.4 Å². The Balaban J connectivity index is 1.60. The lowest BCUT2D eigenvalue weighted by Gasteiger charge is -2.30. The van der Waals surface area contributed by atoms with Gasteiger partial charge in [-0.15, -0.1) is 11.8 Å². The second kappa shape index (κ2) is 7.91. The Morgan fingerprint density at radius 3 is 3.04 bits per heavy atom. The Morgan fingerprint density at radius 1 is 1.40 bits per heavy atom. The van der Waals surface area contributed by atoms with Gasteiger partial charge in [0.15, 0.2) is 6.61 Å². The van der Waals surface area contributed by atoms with Gasteiger partial charge in [-0.05, 0) is 37.0 Å². The quantitative estimate of drug-likeness (QED) is 0.837. The minimum Gasteiger partial charge on any atom is -0.452 e. The molecule has 3 rings (SSSR count). The van der Waals surface area contributed by atoms with E-state index >= 15 is 0 Å². The molecule has 1 saturated heterocycles. The van der Waals surface area contributed by atoms with Crippen molar-refractivity contribution in [3.05, 3.63) is 23.8 Å². The van der Waals surface area contributed by atoms with Crippen LogP contribution in [0.15, 0.2) is 23.1 Å². The number of ether oxygens (including phenoxy) is 1. The number of esters is 1. The first-order chi connectivity index (χ1) is 12.0. The average Bonchev–Trinajstić information content (AvgIpc) is 2.79. The number of thioether (sulfide) groups is 1. The van der Waals surface area contributed by atoms with Crippen molar-refractivity contribution in [3.8, 4) is 0 Å². The molecule has 134 valence electrons. The molecule has 7 heteroatoms. The third-order valence-corrected chi connectivity index (χ3v) is 5.49. The standard InChI is InChI=1S/C18H22N2O4S/c1-12-3-2-7-20(10-12)17(22)11-24-18(23)13-4-5-15-14(9-13)19-16(21)6-8-25-15/h4-5,9,12H,2-3,6-8,10-11H2,1H3,(H,19,21)/t12-/m1/s1. The van der Waals surface area contributed by atoms with Gasteiger partial charge in [-0.25, -0.2) is 4.79 Å². The van der Waals surface area contributed by atoms with Gasteiger partial charge in [0.1, 0.15) is 0 Å². The summed E-state index contributed by atoms with van der Waals surface area (Å²) in [7, 11) is 0. The number of benzene rings is 1. The van der Waals surface area contributed by atoms with E-state index in [0.717, 1.165) is 30.8 Å². The molecular formula is C18H22N2O4S. The number of rotatable bonds is 3. The molecule has 2 aliphatic heterocycles. The van der Waals surface area contributed by atoms with Crippen molar-refractivity contribution in [2.24, 2.45) is 5.92 Å². The number of likely N-dealkylation sites (tertiary alicyclic amines) is 1. The van der Waals surface area contributed by atoms with Crippen molar-refractivity contribution in [1.82, 2.24) is 4.90 Å². The van der Waals surface area contributed by atoms with Crippen molar-refractivity contribution in [1.29, 1.82) is 0 Å². The maximum Gasteiger partial charge on any atom is 0.338 e. The summed E-state index contributed by atoms with van der Waals surface area (Å²) in [5.74, 6) is 0.430. The molecule has 1 atom stereocenters. The zero-order valence-corrected chi connectivity index (χ0v) is 15.1. The second-order valence-corrected chi connectivity index (χ2v) is 7.66. The number of hydrogen-bond acceptors (Lipinski definition) is 5. The lowest BCUT2D eigenvalue weighted by molar-refractivity contribution is -0.136. The van der Waals surface area contributed by atoms with Crippen LogP contribution in [-0.4, -0.2) is 48.1 Å². The molecule has 1 aromatic carbocycles. The number of piperidine rings is 1. The van der Waals surface area contributed by atoms with Gasteiger partial charge in [-0.3, -0.25) is 9.59 Å². The van der Waals surface area contributed by atoms with E-state index in [1.54, 1.807) is 34.9 Å². The van der Waals surface area contributed by atoms with E-state index < -0.39 is 5.97 Å². The third-order valence-electron chi connectivity index (χ3n) is 4.41. The molecule has 0 aromatic heterocycles. The van der Waals surface area contributed by atoms with Crippen molar-refractivity contribution < 1.29 is 19.1 Å². The van der Waals surface area contributed by atoms with Gasteiger partial charge in [-0.2, -0.15) is 0 Å². The van der Waals surface area contributed by atoms with Crippen LogP contribution in [0.25, 0.3) is 0 Å². The number of nitrogens with one attached hydrogen (secondary N) is 1. The summed E-state index contributed by atoms with van der Waals surface area (Å²) in [5.41, 5.74) is 0.958. The Labute approximate surface area is 151 Å². The molecule has 0 spiro atoms. The summed E-state index contributed by atoms with van der Waals surface area (Å²) in [4.78, 5) is 38.8. The smallest absolute Gasteiger partial charge is 0.338 e. The minimum atomic E-state index is -0.551. The summed E-state index contributed by atoms with van der Waals surface area (Å²) >= 11 is 1.57. The van der Waals surface area contributed by atoms with Crippen molar-refractivity contribution >= 4 is 35.2 Å². The van der Waals surface area contributed by atoms with Crippen LogP contribution in [0.2, 0.25) is 0 Å². The maximum atomic E-state index is 12.2. The summed E-state index contributed by atoms with van der Waals surface area (Å²) in [6.45, 7) is 3.32. The molecule has 0 bridgehead atoms. The highest BCUT2D eigenvalue weighted by Crippen LogP contribution is 2.31. The predicted octanol–water partition coefficient (Wildman–Crippen LogP) is 2.54. The van der Waals surface area contributed by atoms with E-state index in [1.807, 2.05) is 0 Å². The monoisotopic (exact) mass is 362 g/mol. The molecule has 0 radical (unpaired) electrons. The molecule has 0 saturated carbocycles. The zero-order valence-electron chi connectivity index (χ0n) is 14.2. The molecule has 2 aliphatic rings. The Kier molecular flexibility index (Phi) is 5.63. The summed E-state index contributed by atoms with van der Waals surface area (Å²) < 4.78 is 5.18. The summed E-state index contributed by atoms with van der Waals surface area (Å²) in [5, 5.41) is 2.80. The van der Waals surface area contributed by atoms with E-state index in [0.29, 0.717) is 29.3 Å². The van der Waals surface area contributed by atoms with Gasteiger partial charge in [0.2, 0.25) is 5.91 Å². The van der Waals surface area contributed by atoms with Gasteiger partial charge in [0.25, 0.3) is 5.91 Å². The number of amides is 2. The number of anilines is 1. The van der Waals surface area contributed by atoms with Crippen LogP contribution in [0.4, 0.5) is 5.69 Å². The molecule has 0 aliphatic carbocycles. The zero-order chi connectivity index (χ0) is 17.8. The Morgan fingerprint density at radius 2 is 2.24 bits per heavy atom. The predicted molar refractivity (Wildman–Crippen MR) is 95.7 cm³/mol. The van der Waals surface area contributed by atoms with E-state index in [2.05, 4.69) is 12.2 Å². The lowest BCUT2D eigenvalue weighted by Crippen LogP contribution is -2.41. The SMILES string of the molecule is C[C@@H]1CCCN(C(=O)COC(=O)c2ccc3c(c2)NC(=O)CCS3)C1. The normalized spacial score (nSPS) is 20.3. The molecule has 2 heterocycles. The highest BCUT2D eigenvalue weighted by atomic mass is 32.2. The molecule has 25 heavy (non-hydrogen) atoms. The number of fused-ring (bicyclic) bond motifs is 1. The van der Waals surface area contributed by atoms with Crippen molar-refractivity contribution in [3.63, 3.8) is 0 Å². The molecule has 1 fully saturated rings. The van der Waals surface area contributed by atoms with E-state index in [4.69, 9.17) is 4.74 Å². The molecule has 1 aromatic rings. The van der Waals surface area contributed by atoms with Crippen LogP contribution < -0.4 is 5.32 Å². The summed E-state index contributed by atoms with van der Waals surface area (Å²) in [6.07, 6.45) is 2.56. The number of nitrogens with zero attached hydrogens (tertiary/aromatic N) is 1. The van der Waals surface area contributed by atoms with Crippen LogP contribution in [0.1, 0.15) is 36.5 Å². The lowest BCUT2D eigenvalue weighted by atomic mass is 10.0. The fraction of sp³-hybridized carbons (Fsp3) is 0.500. The largest absolute Gasteiger partial charge is 0.452 e. The molecule has 1 N–H and O–H groups in total. The molecule has 2 amide bonds. The maximum absolute atomic E-state index is 12.2. The second-order valence-electron chi connectivity index (χ2n) is 6.52. The average molecular weight is 362 g/mol. The summed E-state index contributed by atoms with van der Waals surface area (Å²) in [6, 6.07) is 5.08. The van der Waals surface area contributed by atoms with Gasteiger partial charge in [0, 0.05) is 30.2 Å². The van der Waals surface area contributed by atoms with Gasteiger partial charge in [0.05, 0.1) is 11.3 Å². The van der Waals surface area contributed by atoms with E-state index in [1.165, 1.54) is 0 Å². The van der Waals surface area contributed by atoms with Crippen LogP contribution in [-0.2, 0) is 14.3 Å². The van der Waals surface area contributed by atoms with Gasteiger partial charge in [-0.1, -0.05) is 6.92 Å². The molecule has 0 unspecified atom stereocenters. The highest BCUT2D eigenvalue weighted by Gasteiger charge is 2.22. The minimum absolute atomic E-state index is 0.0637. The first-order valence-corrected chi connectivity index (χ1v) is 9.53. The third kappa shape index (κ3) is 4.54. The fourth-order valence-corrected chi connectivity index (χ4v) is 4.00. The fourth-order valence-electron chi connectivity index (χ4n) is 3.06. The van der Waals surface area contributed by atoms with Crippen molar-refractivity contribution in [2.45, 2.75) is 31.1 Å².